The molecule has 1 fully saturated rings. The number of ketones is 1. The summed E-state index contributed by atoms with van der Waals surface area (Å²) in [7, 11) is 3.93. The first-order valence-corrected chi connectivity index (χ1v) is 13.3. The summed E-state index contributed by atoms with van der Waals surface area (Å²) in [6.45, 7) is 5.64. The minimum atomic E-state index is -0.747. The fourth-order valence-corrected chi connectivity index (χ4v) is 4.71. The zero-order valence-corrected chi connectivity index (χ0v) is 23.0. The van der Waals surface area contributed by atoms with E-state index in [0.29, 0.717) is 42.2 Å². The Balaban J connectivity index is 1.76. The zero-order chi connectivity index (χ0) is 27.9. The first kappa shape index (κ1) is 27.9. The van der Waals surface area contributed by atoms with Crippen LogP contribution in [0, 0.1) is 6.92 Å². The van der Waals surface area contributed by atoms with Crippen molar-refractivity contribution in [3.8, 4) is 17.2 Å². The first-order chi connectivity index (χ1) is 18.8. The van der Waals surface area contributed by atoms with Gasteiger partial charge in [-0.25, -0.2) is 0 Å². The van der Waals surface area contributed by atoms with Crippen LogP contribution in [0.5, 0.6) is 17.2 Å². The molecule has 0 saturated carbocycles. The number of aliphatic hydroxyl groups excluding tert-OH is 1. The molecular formula is C32H36N2O5. The van der Waals surface area contributed by atoms with Crippen LogP contribution in [0.15, 0.2) is 78.4 Å². The number of Topliss-reactive ketones (excluding diaryl/α,β-unsaturated/α-hetero) is 1. The Morgan fingerprint density at radius 2 is 1.72 bits per heavy atom. The SMILES string of the molecule is CCCOc1ccc(/C(O)=C2/C(=O)C(=O)N(CCCN(C)C)C2c2cccc(Oc3ccccc3)c2)cc1C. The third kappa shape index (κ3) is 6.49. The van der Waals surface area contributed by atoms with Gasteiger partial charge in [-0.05, 0) is 94.0 Å². The summed E-state index contributed by atoms with van der Waals surface area (Å²) < 4.78 is 11.8. The van der Waals surface area contributed by atoms with Crippen LogP contribution in [0.2, 0.25) is 0 Å². The van der Waals surface area contributed by atoms with Crippen LogP contribution in [-0.2, 0) is 9.59 Å². The Morgan fingerprint density at radius 1 is 0.974 bits per heavy atom. The molecule has 7 heteroatoms. The molecule has 204 valence electrons. The van der Waals surface area contributed by atoms with E-state index in [9.17, 15) is 14.7 Å². The van der Waals surface area contributed by atoms with Gasteiger partial charge >= 0.3 is 0 Å². The van der Waals surface area contributed by atoms with Crippen molar-refractivity contribution in [3.63, 3.8) is 0 Å². The summed E-state index contributed by atoms with van der Waals surface area (Å²) in [5.74, 6) is 0.462. The summed E-state index contributed by atoms with van der Waals surface area (Å²) in [5.41, 5.74) is 2.06. The summed E-state index contributed by atoms with van der Waals surface area (Å²) in [4.78, 5) is 30.3. The van der Waals surface area contributed by atoms with Crippen molar-refractivity contribution in [3.05, 3.63) is 95.1 Å². The fourth-order valence-electron chi connectivity index (χ4n) is 4.71. The second-order valence-electron chi connectivity index (χ2n) is 9.97. The molecular weight excluding hydrogens is 492 g/mol. The topological polar surface area (TPSA) is 79.3 Å². The van der Waals surface area contributed by atoms with E-state index in [4.69, 9.17) is 9.47 Å². The third-order valence-corrected chi connectivity index (χ3v) is 6.61. The molecule has 0 radical (unpaired) electrons. The lowest BCUT2D eigenvalue weighted by Crippen LogP contribution is -2.32. The van der Waals surface area contributed by atoms with E-state index >= 15 is 0 Å². The van der Waals surface area contributed by atoms with Crippen LogP contribution >= 0.6 is 0 Å². The number of carbonyl (C=O) groups is 2. The highest BCUT2D eigenvalue weighted by Gasteiger charge is 2.46. The van der Waals surface area contributed by atoms with Gasteiger partial charge in [0.2, 0.25) is 0 Å². The molecule has 1 heterocycles. The van der Waals surface area contributed by atoms with Gasteiger partial charge in [0.15, 0.2) is 0 Å². The van der Waals surface area contributed by atoms with Gasteiger partial charge in [0.25, 0.3) is 11.7 Å². The summed E-state index contributed by atoms with van der Waals surface area (Å²) in [6, 6.07) is 21.3. The van der Waals surface area contributed by atoms with Crippen molar-refractivity contribution in [1.82, 2.24) is 9.80 Å². The molecule has 0 aliphatic carbocycles. The summed E-state index contributed by atoms with van der Waals surface area (Å²) in [5, 5.41) is 11.5. The molecule has 1 unspecified atom stereocenters. The molecule has 1 saturated heterocycles. The highest BCUT2D eigenvalue weighted by Crippen LogP contribution is 2.41. The normalized spacial score (nSPS) is 16.6. The molecule has 0 aromatic heterocycles. The predicted molar refractivity (Wildman–Crippen MR) is 152 cm³/mol. The molecule has 3 aromatic rings. The second kappa shape index (κ2) is 12.6. The van der Waals surface area contributed by atoms with Gasteiger partial charge in [-0.1, -0.05) is 37.3 Å². The van der Waals surface area contributed by atoms with Gasteiger partial charge in [0, 0.05) is 12.1 Å². The molecule has 4 rings (SSSR count). The summed E-state index contributed by atoms with van der Waals surface area (Å²) in [6.07, 6.45) is 1.56. The van der Waals surface area contributed by atoms with Crippen LogP contribution < -0.4 is 9.47 Å². The van der Waals surface area contributed by atoms with Gasteiger partial charge in [-0.2, -0.15) is 0 Å². The van der Waals surface area contributed by atoms with Gasteiger partial charge in [0.1, 0.15) is 23.0 Å². The van der Waals surface area contributed by atoms with Crippen molar-refractivity contribution < 1.29 is 24.2 Å². The van der Waals surface area contributed by atoms with Crippen LogP contribution in [-0.4, -0.2) is 60.4 Å². The fraction of sp³-hybridized carbons (Fsp3) is 0.312. The van der Waals surface area contributed by atoms with E-state index in [1.54, 1.807) is 23.1 Å². The van der Waals surface area contributed by atoms with Crippen LogP contribution in [0.3, 0.4) is 0 Å². The third-order valence-electron chi connectivity index (χ3n) is 6.61. The Morgan fingerprint density at radius 3 is 2.41 bits per heavy atom. The monoisotopic (exact) mass is 528 g/mol. The molecule has 39 heavy (non-hydrogen) atoms. The smallest absolute Gasteiger partial charge is 0.295 e. The van der Waals surface area contributed by atoms with E-state index in [1.807, 2.05) is 87.4 Å². The first-order valence-electron chi connectivity index (χ1n) is 13.3. The number of hydrogen-bond acceptors (Lipinski definition) is 6. The molecule has 1 atom stereocenters. The number of carbonyl (C=O) groups excluding carboxylic acids is 2. The maximum Gasteiger partial charge on any atom is 0.295 e. The largest absolute Gasteiger partial charge is 0.507 e. The van der Waals surface area contributed by atoms with Crippen molar-refractivity contribution in [2.24, 2.45) is 0 Å². The highest BCUT2D eigenvalue weighted by atomic mass is 16.5. The van der Waals surface area contributed by atoms with E-state index in [0.717, 1.165) is 24.3 Å². The van der Waals surface area contributed by atoms with Gasteiger partial charge < -0.3 is 24.4 Å². The molecule has 1 aliphatic rings. The quantitative estimate of drug-likeness (QED) is 0.188. The number of likely N-dealkylation sites (tertiary alicyclic amines) is 1. The number of aryl methyl sites for hydroxylation is 1. The molecule has 7 nitrogen and oxygen atoms in total. The maximum atomic E-state index is 13.4. The molecule has 1 aliphatic heterocycles. The highest BCUT2D eigenvalue weighted by molar-refractivity contribution is 6.46. The lowest BCUT2D eigenvalue weighted by Gasteiger charge is -2.26. The molecule has 1 N–H and O–H groups in total. The van der Waals surface area contributed by atoms with E-state index in [1.165, 1.54) is 0 Å². The Labute approximate surface area is 230 Å². The minimum absolute atomic E-state index is 0.0725. The Bertz CT molecular complexity index is 1350. The van der Waals surface area contributed by atoms with Crippen LogP contribution in [0.25, 0.3) is 5.76 Å². The number of hydrogen-bond donors (Lipinski definition) is 1. The molecule has 0 spiro atoms. The molecule has 1 amide bonds. The van der Waals surface area contributed by atoms with Crippen molar-refractivity contribution in [2.45, 2.75) is 32.7 Å². The number of para-hydroxylation sites is 1. The number of amides is 1. The van der Waals surface area contributed by atoms with Crippen LogP contribution in [0.1, 0.15) is 42.5 Å². The Hall–Kier alpha value is -4.10. The Kier molecular flexibility index (Phi) is 9.04. The van der Waals surface area contributed by atoms with E-state index in [2.05, 4.69) is 0 Å². The molecule has 3 aromatic carbocycles. The van der Waals surface area contributed by atoms with E-state index < -0.39 is 17.7 Å². The van der Waals surface area contributed by atoms with Crippen molar-refractivity contribution >= 4 is 17.4 Å². The number of benzene rings is 3. The van der Waals surface area contributed by atoms with Gasteiger partial charge in [-0.15, -0.1) is 0 Å². The standard InChI is InChI=1S/C32H36N2O5/c1-5-19-38-27-16-15-24(20-22(27)2)30(35)28-29(34(32(37)31(28)36)18-10-17-33(3)4)23-11-9-14-26(21-23)39-25-12-7-6-8-13-25/h6-9,11-16,20-21,29,35H,5,10,17-19H2,1-4H3/b30-28-. The lowest BCUT2D eigenvalue weighted by molar-refractivity contribution is -0.139. The second-order valence-corrected chi connectivity index (χ2v) is 9.97. The maximum absolute atomic E-state index is 13.4. The van der Waals surface area contributed by atoms with E-state index in [-0.39, 0.29) is 11.3 Å². The number of ether oxygens (including phenoxy) is 2. The van der Waals surface area contributed by atoms with Crippen LogP contribution in [0.4, 0.5) is 0 Å². The number of nitrogens with zero attached hydrogens (tertiary/aromatic N) is 2. The average molecular weight is 529 g/mol. The zero-order valence-electron chi connectivity index (χ0n) is 23.0. The predicted octanol–water partition coefficient (Wildman–Crippen LogP) is 5.95. The molecule has 0 bridgehead atoms. The minimum Gasteiger partial charge on any atom is -0.507 e. The van der Waals surface area contributed by atoms with Gasteiger partial charge in [-0.3, -0.25) is 9.59 Å². The van der Waals surface area contributed by atoms with Crippen molar-refractivity contribution in [1.29, 1.82) is 0 Å². The lowest BCUT2D eigenvalue weighted by atomic mass is 9.94. The number of aliphatic hydroxyl groups is 1. The van der Waals surface area contributed by atoms with Crippen molar-refractivity contribution in [2.75, 3.05) is 33.8 Å². The average Bonchev–Trinajstić information content (AvgIpc) is 3.17. The number of rotatable bonds is 11. The summed E-state index contributed by atoms with van der Waals surface area (Å²) >= 11 is 0. The van der Waals surface area contributed by atoms with Gasteiger partial charge in [0.05, 0.1) is 18.2 Å².